The Morgan fingerprint density at radius 1 is 0.340 bits per heavy atom. The summed E-state index contributed by atoms with van der Waals surface area (Å²) in [6, 6.07) is 68.6. The first-order valence-corrected chi connectivity index (χ1v) is 17.9. The lowest BCUT2D eigenvalue weighted by atomic mass is 9.98. The standard InChI is InChI=1S/C48H31NS/c1-2-10-32(11-3-1)36-14-8-15-37(30-36)33-22-25-39(26-23-33)49(45-18-9-13-34-12-4-5-16-41(34)45)40-27-29-42-38(31-40)21-20-35-24-28-44-43-17-6-7-19-46(43)50-48(44)47(35)42/h1-31H. The maximum absolute atomic E-state index is 2.41. The highest BCUT2D eigenvalue weighted by Gasteiger charge is 2.18. The number of nitrogens with zero attached hydrogens (tertiary/aromatic N) is 1. The first kappa shape index (κ1) is 28.8. The second-order valence-electron chi connectivity index (χ2n) is 12.9. The van der Waals surface area contributed by atoms with Crippen LogP contribution in [0.2, 0.25) is 0 Å². The maximum Gasteiger partial charge on any atom is 0.0540 e. The van der Waals surface area contributed by atoms with Gasteiger partial charge >= 0.3 is 0 Å². The molecule has 0 aliphatic rings. The van der Waals surface area contributed by atoms with Crippen molar-refractivity contribution in [3.8, 4) is 22.3 Å². The minimum Gasteiger partial charge on any atom is -0.310 e. The Morgan fingerprint density at radius 2 is 0.960 bits per heavy atom. The van der Waals surface area contributed by atoms with E-state index >= 15 is 0 Å². The van der Waals surface area contributed by atoms with Crippen LogP contribution < -0.4 is 4.90 Å². The van der Waals surface area contributed by atoms with Gasteiger partial charge in [-0.2, -0.15) is 0 Å². The Hall–Kier alpha value is -6.22. The van der Waals surface area contributed by atoms with Crippen LogP contribution in [-0.4, -0.2) is 0 Å². The van der Waals surface area contributed by atoms with Gasteiger partial charge in [0.1, 0.15) is 0 Å². The third-order valence-corrected chi connectivity index (χ3v) is 11.2. The molecule has 234 valence electrons. The number of rotatable bonds is 5. The summed E-state index contributed by atoms with van der Waals surface area (Å²) in [5.41, 5.74) is 8.27. The van der Waals surface area contributed by atoms with Crippen LogP contribution in [0, 0.1) is 0 Å². The average Bonchev–Trinajstić information content (AvgIpc) is 3.58. The Balaban J connectivity index is 1.13. The van der Waals surface area contributed by atoms with Gasteiger partial charge in [0.15, 0.2) is 0 Å². The number of hydrogen-bond acceptors (Lipinski definition) is 2. The Morgan fingerprint density at radius 3 is 1.82 bits per heavy atom. The highest BCUT2D eigenvalue weighted by molar-refractivity contribution is 7.26. The molecule has 1 heterocycles. The normalized spacial score (nSPS) is 11.6. The second-order valence-corrected chi connectivity index (χ2v) is 14.0. The third-order valence-electron chi connectivity index (χ3n) is 10.0. The Labute approximate surface area is 294 Å². The lowest BCUT2D eigenvalue weighted by Gasteiger charge is -2.27. The van der Waals surface area contributed by atoms with Crippen molar-refractivity contribution in [2.45, 2.75) is 0 Å². The molecule has 0 radical (unpaired) electrons. The molecule has 10 rings (SSSR count). The van der Waals surface area contributed by atoms with Crippen molar-refractivity contribution in [1.29, 1.82) is 0 Å². The number of anilines is 3. The van der Waals surface area contributed by atoms with Gasteiger partial charge in [-0.15, -0.1) is 11.3 Å². The van der Waals surface area contributed by atoms with Gasteiger partial charge in [0.2, 0.25) is 0 Å². The molecule has 0 aliphatic heterocycles. The molecule has 50 heavy (non-hydrogen) atoms. The van der Waals surface area contributed by atoms with E-state index in [1.165, 1.54) is 74.7 Å². The van der Waals surface area contributed by atoms with Crippen LogP contribution in [0.4, 0.5) is 17.1 Å². The van der Waals surface area contributed by atoms with E-state index in [0.29, 0.717) is 0 Å². The summed E-state index contributed by atoms with van der Waals surface area (Å²) in [6.07, 6.45) is 0. The monoisotopic (exact) mass is 653 g/mol. The van der Waals surface area contributed by atoms with Crippen molar-refractivity contribution in [3.05, 3.63) is 188 Å². The molecule has 1 nitrogen and oxygen atoms in total. The smallest absolute Gasteiger partial charge is 0.0540 e. The van der Waals surface area contributed by atoms with E-state index in [1.807, 2.05) is 11.3 Å². The molecule has 0 amide bonds. The van der Waals surface area contributed by atoms with Crippen LogP contribution in [0.15, 0.2) is 188 Å². The lowest BCUT2D eigenvalue weighted by Crippen LogP contribution is -2.10. The molecular weight excluding hydrogens is 623 g/mol. The minimum atomic E-state index is 1.12. The van der Waals surface area contributed by atoms with Crippen molar-refractivity contribution >= 4 is 80.9 Å². The first-order valence-electron chi connectivity index (χ1n) is 17.1. The van der Waals surface area contributed by atoms with E-state index < -0.39 is 0 Å². The third kappa shape index (κ3) is 4.76. The summed E-state index contributed by atoms with van der Waals surface area (Å²) in [5.74, 6) is 0. The number of thiophene rings is 1. The molecule has 0 aliphatic carbocycles. The van der Waals surface area contributed by atoms with Gasteiger partial charge in [-0.1, -0.05) is 146 Å². The fraction of sp³-hybridized carbons (Fsp3) is 0. The molecule has 10 aromatic rings. The minimum absolute atomic E-state index is 1.12. The van der Waals surface area contributed by atoms with Crippen molar-refractivity contribution < 1.29 is 0 Å². The van der Waals surface area contributed by atoms with Gasteiger partial charge < -0.3 is 4.90 Å². The number of hydrogen-bond donors (Lipinski definition) is 0. The summed E-state index contributed by atoms with van der Waals surface area (Å²) < 4.78 is 2.70. The van der Waals surface area contributed by atoms with E-state index in [1.54, 1.807) is 0 Å². The fourth-order valence-corrected chi connectivity index (χ4v) is 8.87. The molecule has 0 bridgehead atoms. The van der Waals surface area contributed by atoms with Gasteiger partial charge in [0, 0.05) is 42.3 Å². The van der Waals surface area contributed by atoms with Crippen molar-refractivity contribution in [2.24, 2.45) is 0 Å². The quantitative estimate of drug-likeness (QED) is 0.167. The molecule has 1 aromatic heterocycles. The van der Waals surface area contributed by atoms with Crippen molar-refractivity contribution in [3.63, 3.8) is 0 Å². The van der Waals surface area contributed by atoms with Crippen LogP contribution in [0.3, 0.4) is 0 Å². The van der Waals surface area contributed by atoms with Crippen molar-refractivity contribution in [1.82, 2.24) is 0 Å². The van der Waals surface area contributed by atoms with Gasteiger partial charge in [-0.25, -0.2) is 0 Å². The second kappa shape index (κ2) is 11.7. The lowest BCUT2D eigenvalue weighted by molar-refractivity contribution is 1.30. The van der Waals surface area contributed by atoms with E-state index in [9.17, 15) is 0 Å². The molecule has 0 unspecified atom stereocenters. The number of benzene rings is 9. The summed E-state index contributed by atoms with van der Waals surface area (Å²) in [4.78, 5) is 2.41. The van der Waals surface area contributed by atoms with Crippen LogP contribution >= 0.6 is 11.3 Å². The molecule has 0 fully saturated rings. The zero-order chi connectivity index (χ0) is 33.0. The fourth-order valence-electron chi connectivity index (χ4n) is 7.60. The van der Waals surface area contributed by atoms with Crippen LogP contribution in [0.5, 0.6) is 0 Å². The van der Waals surface area contributed by atoms with E-state index in [-0.39, 0.29) is 0 Å². The molecule has 9 aromatic carbocycles. The van der Waals surface area contributed by atoms with Crippen LogP contribution in [0.1, 0.15) is 0 Å². The van der Waals surface area contributed by atoms with Crippen molar-refractivity contribution in [2.75, 3.05) is 4.90 Å². The SMILES string of the molecule is c1ccc(-c2cccc(-c3ccc(N(c4ccc5c(ccc6ccc7c8ccccc8sc7c65)c4)c4cccc5ccccc45)cc3)c2)cc1. The van der Waals surface area contributed by atoms with Crippen LogP contribution in [0.25, 0.3) is 74.7 Å². The van der Waals surface area contributed by atoms with Crippen LogP contribution in [-0.2, 0) is 0 Å². The highest BCUT2D eigenvalue weighted by atomic mass is 32.1. The molecule has 0 N–H and O–H groups in total. The first-order chi connectivity index (χ1) is 24.8. The van der Waals surface area contributed by atoms with E-state index in [2.05, 4.69) is 193 Å². The molecular formula is C48H31NS. The molecule has 0 atom stereocenters. The maximum atomic E-state index is 2.41. The van der Waals surface area contributed by atoms with E-state index in [0.717, 1.165) is 17.1 Å². The summed E-state index contributed by atoms with van der Waals surface area (Å²) in [5, 5.41) is 10.3. The highest BCUT2D eigenvalue weighted by Crippen LogP contribution is 2.44. The predicted octanol–water partition coefficient (Wildman–Crippen LogP) is 14.3. The summed E-state index contributed by atoms with van der Waals surface area (Å²) in [7, 11) is 0. The predicted molar refractivity (Wildman–Crippen MR) is 217 cm³/mol. The number of fused-ring (bicyclic) bond motifs is 8. The summed E-state index contributed by atoms with van der Waals surface area (Å²) in [6.45, 7) is 0. The Kier molecular flexibility index (Phi) is 6.75. The van der Waals surface area contributed by atoms with E-state index in [4.69, 9.17) is 0 Å². The largest absolute Gasteiger partial charge is 0.310 e. The molecule has 0 spiro atoms. The van der Waals surface area contributed by atoms with Gasteiger partial charge in [-0.3, -0.25) is 0 Å². The zero-order valence-corrected chi connectivity index (χ0v) is 28.1. The molecule has 0 saturated heterocycles. The zero-order valence-electron chi connectivity index (χ0n) is 27.3. The molecule has 0 saturated carbocycles. The Bertz CT molecular complexity index is 2860. The summed E-state index contributed by atoms with van der Waals surface area (Å²) >= 11 is 1.90. The average molecular weight is 654 g/mol. The molecule has 2 heteroatoms. The van der Waals surface area contributed by atoms with Gasteiger partial charge in [-0.05, 0) is 86.3 Å². The topological polar surface area (TPSA) is 3.24 Å². The van der Waals surface area contributed by atoms with Gasteiger partial charge in [0.25, 0.3) is 0 Å². The van der Waals surface area contributed by atoms with Gasteiger partial charge in [0.05, 0.1) is 5.69 Å².